The lowest BCUT2D eigenvalue weighted by atomic mass is 10.1. The maximum Gasteiger partial charge on any atom is 0.321 e. The number of unbranched alkanes of at least 4 members (excludes halogenated alkanes) is 10. The smallest absolute Gasteiger partial charge is 0.321 e. The molecule has 0 rings (SSSR count). The lowest BCUT2D eigenvalue weighted by Crippen LogP contribution is -2.43. The monoisotopic (exact) mass is 326 g/mol. The van der Waals surface area contributed by atoms with Crippen LogP contribution in [0.3, 0.4) is 0 Å². The van der Waals surface area contributed by atoms with Crippen LogP contribution in [0, 0.1) is 0 Å². The summed E-state index contributed by atoms with van der Waals surface area (Å²) in [5, 5.41) is 5.40. The zero-order chi connectivity index (χ0) is 17.2. The predicted molar refractivity (Wildman–Crippen MR) is 99.8 cm³/mol. The molecule has 0 atom stereocenters. The summed E-state index contributed by atoms with van der Waals surface area (Å²) in [5.74, 6) is 0.221. The van der Waals surface area contributed by atoms with Gasteiger partial charge in [-0.1, -0.05) is 78.1 Å². The van der Waals surface area contributed by atoms with E-state index in [0.717, 1.165) is 12.8 Å². The lowest BCUT2D eigenvalue weighted by molar-refractivity contribution is 0.245. The Kier molecular flexibility index (Phi) is 16.2. The van der Waals surface area contributed by atoms with Crippen molar-refractivity contribution < 1.29 is 4.79 Å². The standard InChI is InChI=1S/C18H38N4O/c1-3-5-7-9-11-13-15-20-17(19)22-18(23)21-16-14-12-10-8-6-4-2/h3-16H2,1-2H3,(H4,19,20,21,22,23). The van der Waals surface area contributed by atoms with Crippen LogP contribution >= 0.6 is 0 Å². The minimum Gasteiger partial charge on any atom is -0.370 e. The molecule has 0 aliphatic carbocycles. The number of nitrogens with one attached hydrogen (secondary N) is 2. The molecule has 0 radical (unpaired) electrons. The van der Waals surface area contributed by atoms with Crippen LogP contribution in [0.15, 0.2) is 4.99 Å². The quantitative estimate of drug-likeness (QED) is 0.252. The second-order valence-electron chi connectivity index (χ2n) is 6.18. The van der Waals surface area contributed by atoms with Crippen molar-refractivity contribution in [3.63, 3.8) is 0 Å². The van der Waals surface area contributed by atoms with E-state index in [-0.39, 0.29) is 12.0 Å². The van der Waals surface area contributed by atoms with E-state index < -0.39 is 0 Å². The molecule has 0 fully saturated rings. The summed E-state index contributed by atoms with van der Waals surface area (Å²) in [6, 6.07) is -0.247. The van der Waals surface area contributed by atoms with E-state index >= 15 is 0 Å². The van der Waals surface area contributed by atoms with Gasteiger partial charge in [0.1, 0.15) is 0 Å². The molecular weight excluding hydrogens is 288 g/mol. The summed E-state index contributed by atoms with van der Waals surface area (Å²) >= 11 is 0. The van der Waals surface area contributed by atoms with E-state index in [4.69, 9.17) is 5.73 Å². The lowest BCUT2D eigenvalue weighted by Gasteiger charge is -2.07. The fourth-order valence-corrected chi connectivity index (χ4v) is 2.40. The molecule has 0 saturated heterocycles. The molecule has 0 heterocycles. The second kappa shape index (κ2) is 17.1. The predicted octanol–water partition coefficient (Wildman–Crippen LogP) is 4.32. The number of amides is 2. The topological polar surface area (TPSA) is 79.5 Å². The minimum atomic E-state index is -0.247. The number of hydrogen-bond acceptors (Lipinski definition) is 2. The number of aliphatic imine (C=N–C) groups is 1. The van der Waals surface area contributed by atoms with Gasteiger partial charge >= 0.3 is 6.03 Å². The van der Waals surface area contributed by atoms with Crippen molar-refractivity contribution in [1.29, 1.82) is 0 Å². The summed E-state index contributed by atoms with van der Waals surface area (Å²) in [7, 11) is 0. The molecule has 136 valence electrons. The number of nitrogens with two attached hydrogens (primary N) is 1. The van der Waals surface area contributed by atoms with Crippen LogP contribution in [0.1, 0.15) is 90.9 Å². The van der Waals surface area contributed by atoms with Gasteiger partial charge in [0.2, 0.25) is 0 Å². The third kappa shape index (κ3) is 16.9. The van der Waals surface area contributed by atoms with Crippen molar-refractivity contribution in [3.8, 4) is 0 Å². The van der Waals surface area contributed by atoms with Crippen molar-refractivity contribution >= 4 is 12.0 Å². The molecule has 0 aliphatic heterocycles. The van der Waals surface area contributed by atoms with Gasteiger partial charge in [-0.3, -0.25) is 10.3 Å². The number of carbonyl (C=O) groups excluding carboxylic acids is 1. The van der Waals surface area contributed by atoms with Crippen LogP contribution < -0.4 is 16.4 Å². The second-order valence-corrected chi connectivity index (χ2v) is 6.18. The highest BCUT2D eigenvalue weighted by molar-refractivity contribution is 5.95. The Morgan fingerprint density at radius 1 is 0.826 bits per heavy atom. The van der Waals surface area contributed by atoms with Crippen molar-refractivity contribution in [2.75, 3.05) is 13.1 Å². The summed E-state index contributed by atoms with van der Waals surface area (Å²) < 4.78 is 0. The molecule has 0 bridgehead atoms. The van der Waals surface area contributed by atoms with Gasteiger partial charge in [0.05, 0.1) is 0 Å². The van der Waals surface area contributed by atoms with Crippen LogP contribution in [0.4, 0.5) is 4.79 Å². The normalized spacial score (nSPS) is 11.5. The Labute approximate surface area is 142 Å². The van der Waals surface area contributed by atoms with E-state index in [1.54, 1.807) is 0 Å². The molecule has 0 aliphatic rings. The van der Waals surface area contributed by atoms with Gasteiger partial charge in [-0.05, 0) is 12.8 Å². The van der Waals surface area contributed by atoms with Gasteiger partial charge in [0, 0.05) is 13.1 Å². The number of carbonyl (C=O) groups is 1. The van der Waals surface area contributed by atoms with Gasteiger partial charge in [-0.2, -0.15) is 0 Å². The van der Waals surface area contributed by atoms with Crippen molar-refractivity contribution in [3.05, 3.63) is 0 Å². The average molecular weight is 327 g/mol. The summed E-state index contributed by atoms with van der Waals surface area (Å²) in [6.45, 7) is 5.82. The largest absolute Gasteiger partial charge is 0.370 e. The zero-order valence-corrected chi connectivity index (χ0v) is 15.3. The van der Waals surface area contributed by atoms with Gasteiger partial charge in [-0.25, -0.2) is 4.79 Å². The molecule has 0 aromatic rings. The molecule has 4 N–H and O–H groups in total. The molecule has 5 heteroatoms. The average Bonchev–Trinajstić information content (AvgIpc) is 2.53. The third-order valence-electron chi connectivity index (χ3n) is 3.85. The summed E-state index contributed by atoms with van der Waals surface area (Å²) in [5.41, 5.74) is 5.70. The number of rotatable bonds is 14. The molecule has 23 heavy (non-hydrogen) atoms. The maximum atomic E-state index is 11.6. The first-order valence-electron chi connectivity index (χ1n) is 9.55. The van der Waals surface area contributed by atoms with Crippen LogP contribution in [0.2, 0.25) is 0 Å². The molecule has 0 unspecified atom stereocenters. The molecular formula is C18H38N4O. The van der Waals surface area contributed by atoms with Crippen molar-refractivity contribution in [2.24, 2.45) is 10.7 Å². The Balaban J connectivity index is 3.47. The van der Waals surface area contributed by atoms with E-state index in [0.29, 0.717) is 13.1 Å². The fourth-order valence-electron chi connectivity index (χ4n) is 2.40. The molecule has 0 saturated carbocycles. The SMILES string of the molecule is CCCCCCCCN=C(N)NC(=O)NCCCCCCCC. The van der Waals surface area contributed by atoms with Gasteiger partial charge in [0.15, 0.2) is 5.96 Å². The number of hydrogen-bond donors (Lipinski definition) is 3. The highest BCUT2D eigenvalue weighted by atomic mass is 16.2. The molecule has 5 nitrogen and oxygen atoms in total. The van der Waals surface area contributed by atoms with Gasteiger partial charge < -0.3 is 11.1 Å². The van der Waals surface area contributed by atoms with Crippen LogP contribution in [-0.4, -0.2) is 25.1 Å². The molecule has 0 spiro atoms. The minimum absolute atomic E-state index is 0.221. The molecule has 0 aromatic heterocycles. The Morgan fingerprint density at radius 2 is 1.35 bits per heavy atom. The first-order chi connectivity index (χ1) is 11.2. The molecule has 2 amide bonds. The van der Waals surface area contributed by atoms with Gasteiger partial charge in [0.25, 0.3) is 0 Å². The number of urea groups is 1. The Morgan fingerprint density at radius 3 is 1.96 bits per heavy atom. The van der Waals surface area contributed by atoms with Gasteiger partial charge in [-0.15, -0.1) is 0 Å². The Hall–Kier alpha value is -1.26. The highest BCUT2D eigenvalue weighted by Crippen LogP contribution is 2.05. The van der Waals surface area contributed by atoms with Crippen LogP contribution in [0.25, 0.3) is 0 Å². The van der Waals surface area contributed by atoms with Crippen molar-refractivity contribution in [2.45, 2.75) is 90.9 Å². The third-order valence-corrected chi connectivity index (χ3v) is 3.85. The van der Waals surface area contributed by atoms with E-state index in [1.165, 1.54) is 64.2 Å². The number of nitrogens with zero attached hydrogens (tertiary/aromatic N) is 1. The first kappa shape index (κ1) is 21.7. The summed E-state index contributed by atoms with van der Waals surface area (Å²) in [4.78, 5) is 15.8. The maximum absolute atomic E-state index is 11.6. The molecule has 0 aromatic carbocycles. The van der Waals surface area contributed by atoms with E-state index in [2.05, 4.69) is 29.5 Å². The number of guanidine groups is 1. The highest BCUT2D eigenvalue weighted by Gasteiger charge is 2.01. The van der Waals surface area contributed by atoms with Crippen LogP contribution in [-0.2, 0) is 0 Å². The first-order valence-corrected chi connectivity index (χ1v) is 9.55. The van der Waals surface area contributed by atoms with Crippen LogP contribution in [0.5, 0.6) is 0 Å². The fraction of sp³-hybridized carbons (Fsp3) is 0.889. The summed E-state index contributed by atoms with van der Waals surface area (Å²) in [6.07, 6.45) is 14.6. The zero-order valence-electron chi connectivity index (χ0n) is 15.3. The van der Waals surface area contributed by atoms with E-state index in [9.17, 15) is 4.79 Å². The Bertz CT molecular complexity index is 305. The van der Waals surface area contributed by atoms with E-state index in [1.807, 2.05) is 0 Å². The van der Waals surface area contributed by atoms with Crippen molar-refractivity contribution in [1.82, 2.24) is 10.6 Å².